The van der Waals surface area contributed by atoms with Gasteiger partial charge < -0.3 is 9.47 Å². The molecule has 2 aromatic carbocycles. The number of nitrogens with zero attached hydrogens (tertiary/aromatic N) is 4. The minimum absolute atomic E-state index is 0.108. The largest absolute Gasteiger partial charge is 0.459 e. The highest BCUT2D eigenvalue weighted by atomic mass is 16.6. The zero-order chi connectivity index (χ0) is 37.3. The summed E-state index contributed by atoms with van der Waals surface area (Å²) in [6.45, 7) is 33.1. The summed E-state index contributed by atoms with van der Waals surface area (Å²) in [6, 6.07) is 18.1. The van der Waals surface area contributed by atoms with Crippen molar-refractivity contribution in [3.8, 4) is 0 Å². The van der Waals surface area contributed by atoms with Crippen LogP contribution in [0.1, 0.15) is 105 Å². The third-order valence-corrected chi connectivity index (χ3v) is 8.93. The summed E-state index contributed by atoms with van der Waals surface area (Å²) in [4.78, 5) is 35.4. The van der Waals surface area contributed by atoms with Crippen molar-refractivity contribution in [2.45, 2.75) is 118 Å². The summed E-state index contributed by atoms with van der Waals surface area (Å²) in [7, 11) is 0. The molecule has 8 heteroatoms. The quantitative estimate of drug-likeness (QED) is 0.278. The van der Waals surface area contributed by atoms with Gasteiger partial charge in [0.2, 0.25) is 0 Å². The van der Waals surface area contributed by atoms with Crippen molar-refractivity contribution in [3.63, 3.8) is 0 Å². The van der Waals surface area contributed by atoms with E-state index in [4.69, 9.17) is 9.47 Å². The molecule has 50 heavy (non-hydrogen) atoms. The Morgan fingerprint density at radius 1 is 0.460 bits per heavy atom. The van der Waals surface area contributed by atoms with Crippen LogP contribution in [0.25, 0.3) is 0 Å². The van der Waals surface area contributed by atoms with Crippen molar-refractivity contribution in [2.24, 2.45) is 0 Å². The van der Waals surface area contributed by atoms with Crippen LogP contribution in [0.5, 0.6) is 0 Å². The third-order valence-electron chi connectivity index (χ3n) is 8.93. The van der Waals surface area contributed by atoms with Gasteiger partial charge in [0.1, 0.15) is 11.2 Å². The molecule has 1 aliphatic rings. The van der Waals surface area contributed by atoms with Crippen molar-refractivity contribution < 1.29 is 19.1 Å². The highest BCUT2D eigenvalue weighted by molar-refractivity contribution is 5.72. The van der Waals surface area contributed by atoms with Gasteiger partial charge in [0, 0.05) is 65.4 Å². The first kappa shape index (κ1) is 41.6. The van der Waals surface area contributed by atoms with Crippen LogP contribution in [0.2, 0.25) is 0 Å². The minimum Gasteiger partial charge on any atom is -0.459 e. The van der Waals surface area contributed by atoms with Crippen LogP contribution in [0, 0.1) is 0 Å². The van der Waals surface area contributed by atoms with E-state index in [-0.39, 0.29) is 35.9 Å². The van der Waals surface area contributed by atoms with Crippen molar-refractivity contribution in [1.82, 2.24) is 19.6 Å². The van der Waals surface area contributed by atoms with Crippen molar-refractivity contribution >= 4 is 11.9 Å². The van der Waals surface area contributed by atoms with Crippen LogP contribution in [0.4, 0.5) is 0 Å². The molecule has 8 nitrogen and oxygen atoms in total. The van der Waals surface area contributed by atoms with Gasteiger partial charge in [-0.05, 0) is 74.6 Å². The van der Waals surface area contributed by atoms with E-state index in [1.807, 2.05) is 41.5 Å². The van der Waals surface area contributed by atoms with Gasteiger partial charge in [0.25, 0.3) is 0 Å². The van der Waals surface area contributed by atoms with Crippen LogP contribution in [-0.4, -0.2) is 108 Å². The number of rotatable bonds is 8. The second kappa shape index (κ2) is 17.6. The number of benzene rings is 2. The number of carbonyl (C=O) groups excluding carboxylic acids is 2. The van der Waals surface area contributed by atoms with Crippen LogP contribution in [-0.2, 0) is 43.0 Å². The average Bonchev–Trinajstić information content (AvgIpc) is 2.96. The maximum Gasteiger partial charge on any atom is 0.320 e. The number of carbonyl (C=O) groups is 2. The molecule has 1 fully saturated rings. The molecular formula is C42H68N4O4. The van der Waals surface area contributed by atoms with Crippen molar-refractivity contribution in [3.05, 3.63) is 70.8 Å². The Labute approximate surface area is 304 Å². The fourth-order valence-electron chi connectivity index (χ4n) is 6.06. The van der Waals surface area contributed by atoms with E-state index in [0.29, 0.717) is 26.2 Å². The zero-order valence-electron chi connectivity index (χ0n) is 33.5. The lowest BCUT2D eigenvalue weighted by molar-refractivity contribution is -0.158. The molecule has 0 amide bonds. The Balaban J connectivity index is 1.87. The summed E-state index contributed by atoms with van der Waals surface area (Å²) < 4.78 is 11.5. The Kier molecular flexibility index (Phi) is 14.7. The highest BCUT2D eigenvalue weighted by Crippen LogP contribution is 2.24. The number of hydrogen-bond acceptors (Lipinski definition) is 8. The Bertz CT molecular complexity index is 1240. The van der Waals surface area contributed by atoms with Gasteiger partial charge in [0.15, 0.2) is 0 Å². The lowest BCUT2D eigenvalue weighted by Crippen LogP contribution is -2.48. The lowest BCUT2D eigenvalue weighted by atomic mass is 9.86. The Morgan fingerprint density at radius 3 is 0.960 bits per heavy atom. The maximum absolute atomic E-state index is 13.0. The molecule has 0 atom stereocenters. The molecule has 0 aliphatic carbocycles. The van der Waals surface area contributed by atoms with E-state index in [0.717, 1.165) is 39.3 Å². The first-order valence-corrected chi connectivity index (χ1v) is 18.6. The molecule has 0 saturated carbocycles. The lowest BCUT2D eigenvalue weighted by Gasteiger charge is -2.34. The summed E-state index contributed by atoms with van der Waals surface area (Å²) >= 11 is 0. The highest BCUT2D eigenvalue weighted by Gasteiger charge is 2.24. The Hall–Kier alpha value is -2.78. The van der Waals surface area contributed by atoms with Crippen molar-refractivity contribution in [1.29, 1.82) is 0 Å². The molecule has 1 saturated heterocycles. The number of esters is 2. The summed E-state index contributed by atoms with van der Waals surface area (Å²) in [5.74, 6) is -0.451. The van der Waals surface area contributed by atoms with Crippen molar-refractivity contribution in [2.75, 3.05) is 65.4 Å². The number of ether oxygens (including phenoxy) is 2. The predicted octanol–water partition coefficient (Wildman–Crippen LogP) is 6.89. The monoisotopic (exact) mass is 693 g/mol. The van der Waals surface area contributed by atoms with Gasteiger partial charge in [-0.3, -0.25) is 29.2 Å². The van der Waals surface area contributed by atoms with E-state index in [1.165, 1.54) is 22.3 Å². The van der Waals surface area contributed by atoms with Crippen LogP contribution >= 0.6 is 0 Å². The van der Waals surface area contributed by atoms with E-state index < -0.39 is 11.2 Å². The Morgan fingerprint density at radius 2 is 0.720 bits per heavy atom. The van der Waals surface area contributed by atoms with E-state index in [2.05, 4.69) is 110 Å². The minimum atomic E-state index is -0.548. The normalized spacial score (nSPS) is 17.5. The molecule has 0 bridgehead atoms. The summed E-state index contributed by atoms with van der Waals surface area (Å²) in [5, 5.41) is 0. The van der Waals surface area contributed by atoms with Gasteiger partial charge >= 0.3 is 11.9 Å². The number of hydrogen-bond donors (Lipinski definition) is 0. The molecule has 0 spiro atoms. The molecule has 1 aliphatic heterocycles. The standard InChI is InChI=1S/C42H68N4O4/c1-39(2,3)35-17-13-33(14-18-35)29-43-21-22-44(30-34-15-19-36(20-16-34)40(4,5)6)24-26-46(32-38(48)50-42(10,11)12)28-27-45(25-23-43)31-37(47)49-41(7,8)9/h13-20H,21-32H2,1-12H3. The molecule has 0 radical (unpaired) electrons. The van der Waals surface area contributed by atoms with Crippen LogP contribution < -0.4 is 0 Å². The molecule has 280 valence electrons. The second-order valence-electron chi connectivity index (χ2n) is 18.2. The molecular weight excluding hydrogens is 624 g/mol. The SMILES string of the molecule is CC(C)(C)OC(=O)CN1CCN(CC(=O)OC(C)(C)C)CCN(Cc2ccc(C(C)(C)C)cc2)CCN(Cc2ccc(C(C)(C)C)cc2)CC1. The smallest absolute Gasteiger partial charge is 0.320 e. The molecule has 2 aromatic rings. The molecule has 1 heterocycles. The van der Waals surface area contributed by atoms with Crippen LogP contribution in [0.3, 0.4) is 0 Å². The molecule has 0 aromatic heterocycles. The summed E-state index contributed by atoms with van der Waals surface area (Å²) in [5.41, 5.74) is 4.36. The average molecular weight is 693 g/mol. The van der Waals surface area contributed by atoms with Crippen LogP contribution in [0.15, 0.2) is 48.5 Å². The zero-order valence-corrected chi connectivity index (χ0v) is 33.5. The molecule has 0 unspecified atom stereocenters. The van der Waals surface area contributed by atoms with Gasteiger partial charge in [-0.25, -0.2) is 0 Å². The first-order valence-electron chi connectivity index (χ1n) is 18.6. The third kappa shape index (κ3) is 15.6. The molecule has 0 N–H and O–H groups in total. The van der Waals surface area contributed by atoms with E-state index in [9.17, 15) is 9.59 Å². The van der Waals surface area contributed by atoms with Gasteiger partial charge in [0.05, 0.1) is 13.1 Å². The molecule has 3 rings (SSSR count). The van der Waals surface area contributed by atoms with Gasteiger partial charge in [-0.2, -0.15) is 0 Å². The second-order valence-corrected chi connectivity index (χ2v) is 18.2. The van der Waals surface area contributed by atoms with E-state index >= 15 is 0 Å². The fraction of sp³-hybridized carbons (Fsp3) is 0.667. The summed E-state index contributed by atoms with van der Waals surface area (Å²) in [6.07, 6.45) is 0. The fourth-order valence-corrected chi connectivity index (χ4v) is 6.06. The maximum atomic E-state index is 13.0. The predicted molar refractivity (Wildman–Crippen MR) is 205 cm³/mol. The van der Waals surface area contributed by atoms with Gasteiger partial charge in [-0.15, -0.1) is 0 Å². The topological polar surface area (TPSA) is 65.6 Å². The van der Waals surface area contributed by atoms with Gasteiger partial charge in [-0.1, -0.05) is 90.1 Å². The first-order chi connectivity index (χ1) is 23.1. The van der Waals surface area contributed by atoms with E-state index in [1.54, 1.807) is 0 Å².